The largest absolute Gasteiger partial charge is 0.480 e. The molecule has 0 unspecified atom stereocenters. The Bertz CT molecular complexity index is 458. The third-order valence-electron chi connectivity index (χ3n) is 3.13. The number of carbonyl (C=O) groups is 2. The van der Waals surface area contributed by atoms with Crippen LogP contribution >= 0.6 is 15.9 Å². The second-order valence-corrected chi connectivity index (χ2v) is 5.30. The number of carboxylic acids is 1. The number of aliphatic carboxylic acids is 1. The van der Waals surface area contributed by atoms with Crippen LogP contribution in [-0.4, -0.2) is 34.5 Å². The molecule has 5 heteroatoms. The molecular formula is C13H14BrNO3. The minimum Gasteiger partial charge on any atom is -0.480 e. The maximum Gasteiger partial charge on any atom is 0.326 e. The summed E-state index contributed by atoms with van der Waals surface area (Å²) in [6, 6.07) is 6.84. The number of likely N-dealkylation sites (tertiary alicyclic amines) is 1. The monoisotopic (exact) mass is 311 g/mol. The molecule has 1 heterocycles. The van der Waals surface area contributed by atoms with Gasteiger partial charge in [0.15, 0.2) is 0 Å². The number of carboxylic acid groups (broad SMARTS) is 1. The van der Waals surface area contributed by atoms with Crippen LogP contribution in [0, 0.1) is 0 Å². The van der Waals surface area contributed by atoms with Gasteiger partial charge >= 0.3 is 5.97 Å². The quantitative estimate of drug-likeness (QED) is 0.929. The van der Waals surface area contributed by atoms with Crippen LogP contribution in [0.1, 0.15) is 18.4 Å². The van der Waals surface area contributed by atoms with Gasteiger partial charge in [-0.05, 0) is 30.5 Å². The minimum atomic E-state index is -0.906. The Morgan fingerprint density at radius 2 is 2.00 bits per heavy atom. The van der Waals surface area contributed by atoms with E-state index in [0.29, 0.717) is 13.0 Å². The number of benzene rings is 1. The van der Waals surface area contributed by atoms with Crippen molar-refractivity contribution in [1.29, 1.82) is 0 Å². The molecule has 1 amide bonds. The molecule has 1 aromatic carbocycles. The summed E-state index contributed by atoms with van der Waals surface area (Å²) in [5, 5.41) is 9.03. The average molecular weight is 312 g/mol. The molecular weight excluding hydrogens is 298 g/mol. The summed E-state index contributed by atoms with van der Waals surface area (Å²) in [6.45, 7) is 0.548. The Kier molecular flexibility index (Phi) is 4.01. The van der Waals surface area contributed by atoms with Crippen LogP contribution in [0.2, 0.25) is 0 Å². The van der Waals surface area contributed by atoms with Crippen LogP contribution in [0.5, 0.6) is 0 Å². The third kappa shape index (κ3) is 2.90. The molecule has 96 valence electrons. The van der Waals surface area contributed by atoms with E-state index in [1.165, 1.54) is 4.90 Å². The van der Waals surface area contributed by atoms with E-state index in [1.807, 2.05) is 24.3 Å². The van der Waals surface area contributed by atoms with Crippen molar-refractivity contribution < 1.29 is 14.7 Å². The fourth-order valence-corrected chi connectivity index (χ4v) is 2.46. The van der Waals surface area contributed by atoms with Crippen LogP contribution in [0.3, 0.4) is 0 Å². The first kappa shape index (κ1) is 13.1. The number of hydrogen-bond acceptors (Lipinski definition) is 2. The first-order valence-corrected chi connectivity index (χ1v) is 6.64. The molecule has 1 aliphatic heterocycles. The summed E-state index contributed by atoms with van der Waals surface area (Å²) in [5.41, 5.74) is 0.902. The molecule has 0 spiro atoms. The molecule has 0 aliphatic carbocycles. The minimum absolute atomic E-state index is 0.109. The van der Waals surface area contributed by atoms with Gasteiger partial charge in [-0.15, -0.1) is 0 Å². The molecule has 2 rings (SSSR count). The van der Waals surface area contributed by atoms with Gasteiger partial charge in [0.1, 0.15) is 6.04 Å². The highest BCUT2D eigenvalue weighted by atomic mass is 79.9. The number of rotatable bonds is 3. The van der Waals surface area contributed by atoms with Crippen LogP contribution in [-0.2, 0) is 16.0 Å². The summed E-state index contributed by atoms with van der Waals surface area (Å²) in [4.78, 5) is 24.6. The number of hydrogen-bond donors (Lipinski definition) is 1. The lowest BCUT2D eigenvalue weighted by molar-refractivity contribution is -0.148. The molecule has 1 aromatic rings. The van der Waals surface area contributed by atoms with E-state index in [0.717, 1.165) is 16.5 Å². The number of carbonyl (C=O) groups excluding carboxylic acids is 1. The van der Waals surface area contributed by atoms with Gasteiger partial charge in [0.25, 0.3) is 0 Å². The highest BCUT2D eigenvalue weighted by Gasteiger charge is 2.33. The molecule has 1 atom stereocenters. The van der Waals surface area contributed by atoms with Crippen LogP contribution < -0.4 is 0 Å². The van der Waals surface area contributed by atoms with Gasteiger partial charge < -0.3 is 10.0 Å². The Morgan fingerprint density at radius 3 is 2.61 bits per heavy atom. The van der Waals surface area contributed by atoms with Crippen molar-refractivity contribution in [2.75, 3.05) is 6.54 Å². The van der Waals surface area contributed by atoms with Gasteiger partial charge in [-0.2, -0.15) is 0 Å². The zero-order valence-electron chi connectivity index (χ0n) is 9.80. The van der Waals surface area contributed by atoms with Gasteiger partial charge in [-0.1, -0.05) is 28.1 Å². The zero-order chi connectivity index (χ0) is 13.1. The van der Waals surface area contributed by atoms with Crippen LogP contribution in [0.15, 0.2) is 28.7 Å². The highest BCUT2D eigenvalue weighted by Crippen LogP contribution is 2.19. The van der Waals surface area contributed by atoms with E-state index >= 15 is 0 Å². The fraction of sp³-hybridized carbons (Fsp3) is 0.385. The molecule has 18 heavy (non-hydrogen) atoms. The van der Waals surface area contributed by atoms with Crippen molar-refractivity contribution in [3.63, 3.8) is 0 Å². The maximum atomic E-state index is 12.1. The first-order valence-electron chi connectivity index (χ1n) is 5.84. The molecule has 1 N–H and O–H groups in total. The van der Waals surface area contributed by atoms with Crippen molar-refractivity contribution >= 4 is 27.8 Å². The Morgan fingerprint density at radius 1 is 1.33 bits per heavy atom. The molecule has 0 bridgehead atoms. The standard InChI is InChI=1S/C13H14BrNO3/c14-10-5-3-9(4-6-10)8-12(16)15-7-1-2-11(15)13(17)18/h3-6,11H,1-2,7-8H2,(H,17,18)/t11-/m0/s1. The first-order chi connectivity index (χ1) is 8.58. The molecule has 1 fully saturated rings. The molecule has 0 saturated carbocycles. The van der Waals surface area contributed by atoms with Crippen molar-refractivity contribution in [3.8, 4) is 0 Å². The van der Waals surface area contributed by atoms with Crippen molar-refractivity contribution in [3.05, 3.63) is 34.3 Å². The van der Waals surface area contributed by atoms with E-state index in [4.69, 9.17) is 5.11 Å². The fourth-order valence-electron chi connectivity index (χ4n) is 2.20. The molecule has 1 saturated heterocycles. The SMILES string of the molecule is O=C(O)[C@@H]1CCCN1C(=O)Cc1ccc(Br)cc1. The summed E-state index contributed by atoms with van der Waals surface area (Å²) >= 11 is 3.33. The van der Waals surface area contributed by atoms with E-state index in [2.05, 4.69) is 15.9 Å². The van der Waals surface area contributed by atoms with Gasteiger partial charge in [-0.25, -0.2) is 4.79 Å². The predicted molar refractivity (Wildman–Crippen MR) is 70.2 cm³/mol. The number of nitrogens with zero attached hydrogens (tertiary/aromatic N) is 1. The van der Waals surface area contributed by atoms with E-state index in [-0.39, 0.29) is 12.3 Å². The van der Waals surface area contributed by atoms with Crippen LogP contribution in [0.4, 0.5) is 0 Å². The Hall–Kier alpha value is -1.36. The Balaban J connectivity index is 2.03. The molecule has 0 radical (unpaired) electrons. The Labute approximate surface area is 114 Å². The van der Waals surface area contributed by atoms with Gasteiger partial charge in [-0.3, -0.25) is 4.79 Å². The van der Waals surface area contributed by atoms with E-state index in [1.54, 1.807) is 0 Å². The van der Waals surface area contributed by atoms with Gasteiger partial charge in [0.2, 0.25) is 5.91 Å². The summed E-state index contributed by atoms with van der Waals surface area (Å²) in [7, 11) is 0. The lowest BCUT2D eigenvalue weighted by Gasteiger charge is -2.21. The summed E-state index contributed by atoms with van der Waals surface area (Å²) in [6.07, 6.45) is 1.58. The van der Waals surface area contributed by atoms with Gasteiger partial charge in [0.05, 0.1) is 6.42 Å². The molecule has 0 aromatic heterocycles. The lowest BCUT2D eigenvalue weighted by atomic mass is 10.1. The summed E-state index contributed by atoms with van der Waals surface area (Å²) in [5.74, 6) is -1.01. The van der Waals surface area contributed by atoms with E-state index in [9.17, 15) is 9.59 Å². The zero-order valence-corrected chi connectivity index (χ0v) is 11.4. The topological polar surface area (TPSA) is 57.6 Å². The van der Waals surface area contributed by atoms with Gasteiger partial charge in [0, 0.05) is 11.0 Å². The molecule has 4 nitrogen and oxygen atoms in total. The summed E-state index contributed by atoms with van der Waals surface area (Å²) < 4.78 is 0.961. The van der Waals surface area contributed by atoms with Crippen molar-refractivity contribution in [2.45, 2.75) is 25.3 Å². The number of halogens is 1. The lowest BCUT2D eigenvalue weighted by Crippen LogP contribution is -2.41. The molecule has 1 aliphatic rings. The second-order valence-electron chi connectivity index (χ2n) is 4.39. The average Bonchev–Trinajstić information content (AvgIpc) is 2.81. The third-order valence-corrected chi connectivity index (χ3v) is 3.66. The van der Waals surface area contributed by atoms with Crippen molar-refractivity contribution in [2.24, 2.45) is 0 Å². The number of amides is 1. The highest BCUT2D eigenvalue weighted by molar-refractivity contribution is 9.10. The maximum absolute atomic E-state index is 12.1. The predicted octanol–water partition coefficient (Wildman–Crippen LogP) is 2.07. The second kappa shape index (κ2) is 5.52. The van der Waals surface area contributed by atoms with E-state index < -0.39 is 12.0 Å². The van der Waals surface area contributed by atoms with Crippen LogP contribution in [0.25, 0.3) is 0 Å². The smallest absolute Gasteiger partial charge is 0.326 e. The van der Waals surface area contributed by atoms with Crippen molar-refractivity contribution in [1.82, 2.24) is 4.90 Å². The normalized spacial score (nSPS) is 18.9.